The lowest BCUT2D eigenvalue weighted by atomic mass is 10.0. The lowest BCUT2D eigenvalue weighted by Crippen LogP contribution is -2.01. The summed E-state index contributed by atoms with van der Waals surface area (Å²) in [4.78, 5) is 0. The van der Waals surface area contributed by atoms with E-state index in [4.69, 9.17) is 0 Å². The first-order valence-electron chi connectivity index (χ1n) is 6.45. The van der Waals surface area contributed by atoms with Crippen LogP contribution >= 0.6 is 23.5 Å². The van der Waals surface area contributed by atoms with Gasteiger partial charge < -0.3 is 0 Å². The highest BCUT2D eigenvalue weighted by atomic mass is 32.2. The zero-order valence-electron chi connectivity index (χ0n) is 10.1. The Morgan fingerprint density at radius 2 is 1.13 bits per heavy atom. The van der Waals surface area contributed by atoms with E-state index in [2.05, 4.69) is 36.0 Å². The molecule has 0 heterocycles. The molecule has 15 heavy (non-hydrogen) atoms. The number of fused-ring (bicyclic) bond motifs is 1. The van der Waals surface area contributed by atoms with Crippen LogP contribution in [0.2, 0.25) is 0 Å². The van der Waals surface area contributed by atoms with Crippen LogP contribution in [0.15, 0.2) is 0 Å². The van der Waals surface area contributed by atoms with Crippen molar-refractivity contribution in [3.05, 3.63) is 0 Å². The highest BCUT2D eigenvalue weighted by Crippen LogP contribution is 2.68. The third-order valence-corrected chi connectivity index (χ3v) is 7.82. The fraction of sp³-hybridized carbons (Fsp3) is 1.00. The van der Waals surface area contributed by atoms with Gasteiger partial charge in [0, 0.05) is 0 Å². The standard InChI is InChI=1S/C13H24S2/c1-14-13(15-2)11-9-7-5-3-4-6-8-10-12(11)13/h11-12H,3-10H2,1-2H3. The van der Waals surface area contributed by atoms with E-state index in [1.807, 2.05) is 0 Å². The monoisotopic (exact) mass is 244 g/mol. The van der Waals surface area contributed by atoms with Crippen LogP contribution < -0.4 is 0 Å². The molecule has 2 fully saturated rings. The first kappa shape index (κ1) is 12.2. The maximum atomic E-state index is 2.32. The summed E-state index contributed by atoms with van der Waals surface area (Å²) in [5.74, 6) is 2.08. The summed E-state index contributed by atoms with van der Waals surface area (Å²) < 4.78 is 0.629. The molecule has 2 heteroatoms. The van der Waals surface area contributed by atoms with Crippen molar-refractivity contribution in [3.8, 4) is 0 Å². The molecule has 88 valence electrons. The molecule has 0 aromatic rings. The Bertz CT molecular complexity index is 181. The SMILES string of the molecule is CSC1(SC)C2CCCCCCCCC21. The normalized spacial score (nSPS) is 35.6. The average Bonchev–Trinajstić information content (AvgIpc) is 2.92. The van der Waals surface area contributed by atoms with Crippen LogP contribution in [0.1, 0.15) is 51.4 Å². The Kier molecular flexibility index (Phi) is 4.34. The van der Waals surface area contributed by atoms with Crippen LogP contribution in [-0.2, 0) is 0 Å². The molecule has 2 saturated carbocycles. The minimum absolute atomic E-state index is 0.629. The largest absolute Gasteiger partial charge is 0.147 e. The van der Waals surface area contributed by atoms with Gasteiger partial charge in [0.15, 0.2) is 0 Å². The summed E-state index contributed by atoms with van der Waals surface area (Å²) >= 11 is 4.28. The van der Waals surface area contributed by atoms with Gasteiger partial charge in [0.2, 0.25) is 0 Å². The fourth-order valence-corrected chi connectivity index (χ4v) is 6.28. The van der Waals surface area contributed by atoms with Gasteiger partial charge in [-0.3, -0.25) is 0 Å². The van der Waals surface area contributed by atoms with Crippen molar-refractivity contribution in [1.29, 1.82) is 0 Å². The molecule has 0 spiro atoms. The van der Waals surface area contributed by atoms with Gasteiger partial charge >= 0.3 is 0 Å². The van der Waals surface area contributed by atoms with Crippen molar-refractivity contribution in [2.45, 2.75) is 55.4 Å². The Balaban J connectivity index is 1.94. The fourth-order valence-electron chi connectivity index (χ4n) is 3.41. The molecule has 0 radical (unpaired) electrons. The Labute approximate surface area is 103 Å². The molecule has 2 atom stereocenters. The number of hydrogen-bond donors (Lipinski definition) is 0. The summed E-state index contributed by atoms with van der Waals surface area (Å²) in [5, 5.41) is 0. The molecule has 0 N–H and O–H groups in total. The third-order valence-electron chi connectivity index (χ3n) is 4.33. The second-order valence-electron chi connectivity index (χ2n) is 5.04. The maximum Gasteiger partial charge on any atom is 0.0668 e. The zero-order chi connectivity index (χ0) is 10.7. The minimum atomic E-state index is 0.629. The second kappa shape index (κ2) is 5.35. The molecular formula is C13H24S2. The number of hydrogen-bond acceptors (Lipinski definition) is 2. The zero-order valence-corrected chi connectivity index (χ0v) is 11.8. The van der Waals surface area contributed by atoms with Gasteiger partial charge in [0.05, 0.1) is 4.08 Å². The lowest BCUT2D eigenvalue weighted by Gasteiger charge is -2.11. The number of rotatable bonds is 2. The first-order chi connectivity index (χ1) is 7.35. The van der Waals surface area contributed by atoms with Crippen molar-refractivity contribution in [2.24, 2.45) is 11.8 Å². The van der Waals surface area contributed by atoms with Gasteiger partial charge in [-0.1, -0.05) is 38.5 Å². The van der Waals surface area contributed by atoms with E-state index in [0.717, 1.165) is 11.8 Å². The Morgan fingerprint density at radius 3 is 1.53 bits per heavy atom. The molecule has 2 unspecified atom stereocenters. The van der Waals surface area contributed by atoms with E-state index < -0.39 is 0 Å². The summed E-state index contributed by atoms with van der Waals surface area (Å²) in [5.41, 5.74) is 0. The molecule has 0 amide bonds. The van der Waals surface area contributed by atoms with Crippen molar-refractivity contribution in [2.75, 3.05) is 12.5 Å². The molecule has 0 nitrogen and oxygen atoms in total. The van der Waals surface area contributed by atoms with Gasteiger partial charge in [-0.05, 0) is 37.2 Å². The van der Waals surface area contributed by atoms with Crippen molar-refractivity contribution in [1.82, 2.24) is 0 Å². The predicted molar refractivity (Wildman–Crippen MR) is 73.7 cm³/mol. The van der Waals surface area contributed by atoms with Crippen molar-refractivity contribution in [3.63, 3.8) is 0 Å². The molecule has 2 aliphatic carbocycles. The van der Waals surface area contributed by atoms with Crippen molar-refractivity contribution < 1.29 is 0 Å². The average molecular weight is 244 g/mol. The molecule has 2 aliphatic rings. The lowest BCUT2D eigenvalue weighted by molar-refractivity contribution is 0.489. The van der Waals surface area contributed by atoms with E-state index in [9.17, 15) is 0 Å². The molecule has 0 bridgehead atoms. The van der Waals surface area contributed by atoms with Crippen LogP contribution in [0.3, 0.4) is 0 Å². The van der Waals surface area contributed by atoms with Gasteiger partial charge in [-0.25, -0.2) is 0 Å². The van der Waals surface area contributed by atoms with Crippen LogP contribution in [-0.4, -0.2) is 16.6 Å². The molecular weight excluding hydrogens is 220 g/mol. The van der Waals surface area contributed by atoms with Crippen LogP contribution in [0, 0.1) is 11.8 Å². The summed E-state index contributed by atoms with van der Waals surface area (Å²) in [6.07, 6.45) is 16.6. The minimum Gasteiger partial charge on any atom is -0.147 e. The maximum absolute atomic E-state index is 2.32. The Hall–Kier alpha value is 0.700. The van der Waals surface area contributed by atoms with Gasteiger partial charge in [-0.15, -0.1) is 23.5 Å². The van der Waals surface area contributed by atoms with Crippen molar-refractivity contribution >= 4 is 23.5 Å². The van der Waals surface area contributed by atoms with E-state index in [0.29, 0.717) is 4.08 Å². The third kappa shape index (κ3) is 2.36. The molecule has 0 aromatic heterocycles. The quantitative estimate of drug-likeness (QED) is 0.641. The molecule has 0 aromatic carbocycles. The topological polar surface area (TPSA) is 0 Å². The molecule has 2 rings (SSSR count). The summed E-state index contributed by atoms with van der Waals surface area (Å²) in [6, 6.07) is 0. The van der Waals surface area contributed by atoms with Crippen LogP contribution in [0.25, 0.3) is 0 Å². The van der Waals surface area contributed by atoms with Crippen LogP contribution in [0.5, 0.6) is 0 Å². The van der Waals surface area contributed by atoms with Crippen LogP contribution in [0.4, 0.5) is 0 Å². The van der Waals surface area contributed by atoms with E-state index >= 15 is 0 Å². The highest BCUT2D eigenvalue weighted by Gasteiger charge is 2.62. The van der Waals surface area contributed by atoms with E-state index in [1.54, 1.807) is 0 Å². The smallest absolute Gasteiger partial charge is 0.0668 e. The highest BCUT2D eigenvalue weighted by molar-refractivity contribution is 8.18. The molecule has 0 saturated heterocycles. The summed E-state index contributed by atoms with van der Waals surface area (Å²) in [6.45, 7) is 0. The second-order valence-corrected chi connectivity index (χ2v) is 7.47. The predicted octanol–water partition coefficient (Wildman–Crippen LogP) is 4.79. The van der Waals surface area contributed by atoms with Gasteiger partial charge in [0.25, 0.3) is 0 Å². The Morgan fingerprint density at radius 1 is 0.733 bits per heavy atom. The van der Waals surface area contributed by atoms with E-state index in [-0.39, 0.29) is 0 Å². The molecule has 0 aliphatic heterocycles. The number of thioether (sulfide) groups is 2. The van der Waals surface area contributed by atoms with Gasteiger partial charge in [-0.2, -0.15) is 0 Å². The summed E-state index contributed by atoms with van der Waals surface area (Å²) in [7, 11) is 0. The van der Waals surface area contributed by atoms with Gasteiger partial charge in [0.1, 0.15) is 0 Å². The first-order valence-corrected chi connectivity index (χ1v) is 8.90. The van der Waals surface area contributed by atoms with E-state index in [1.165, 1.54) is 51.4 Å².